The number of halogens is 1. The number of anilines is 2. The molecule has 2 aliphatic rings. The van der Waals surface area contributed by atoms with Crippen molar-refractivity contribution in [1.29, 1.82) is 0 Å². The average molecular weight is 690 g/mol. The lowest BCUT2D eigenvalue weighted by Crippen LogP contribution is -2.45. The first kappa shape index (κ1) is 32.9. The van der Waals surface area contributed by atoms with Gasteiger partial charge >= 0.3 is 0 Å². The second-order valence-corrected chi connectivity index (χ2v) is 12.7. The fourth-order valence-corrected chi connectivity index (χ4v) is 6.53. The highest BCUT2D eigenvalue weighted by molar-refractivity contribution is 6.32. The van der Waals surface area contributed by atoms with Gasteiger partial charge in [0, 0.05) is 43.5 Å². The summed E-state index contributed by atoms with van der Waals surface area (Å²) in [7, 11) is 0. The molecule has 49 heavy (non-hydrogen) atoms. The van der Waals surface area contributed by atoms with E-state index in [1.807, 2.05) is 29.9 Å². The van der Waals surface area contributed by atoms with Crippen LogP contribution in [0.5, 0.6) is 11.6 Å². The quantitative estimate of drug-likeness (QED) is 0.155. The molecular formula is C33H40ClN11O4. The van der Waals surface area contributed by atoms with E-state index in [4.69, 9.17) is 35.3 Å². The van der Waals surface area contributed by atoms with Gasteiger partial charge in [0.05, 0.1) is 49.8 Å². The maximum atomic E-state index is 6.46. The average Bonchev–Trinajstić information content (AvgIpc) is 3.92. The molecule has 5 heterocycles. The Morgan fingerprint density at radius 3 is 2.61 bits per heavy atom. The van der Waals surface area contributed by atoms with Crippen LogP contribution in [0.15, 0.2) is 60.0 Å². The first-order valence-corrected chi connectivity index (χ1v) is 17.1. The Balaban J connectivity index is 1.02. The van der Waals surface area contributed by atoms with Gasteiger partial charge in [-0.15, -0.1) is 10.2 Å². The predicted molar refractivity (Wildman–Crippen MR) is 180 cm³/mol. The van der Waals surface area contributed by atoms with Crippen LogP contribution in [-0.2, 0) is 17.7 Å². The summed E-state index contributed by atoms with van der Waals surface area (Å²) in [6.45, 7) is 6.57. The first-order valence-electron chi connectivity index (χ1n) is 16.8. The van der Waals surface area contributed by atoms with E-state index >= 15 is 0 Å². The lowest BCUT2D eigenvalue weighted by molar-refractivity contribution is 0.00503. The van der Waals surface area contributed by atoms with Crippen LogP contribution in [-0.4, -0.2) is 94.9 Å². The molecule has 0 unspecified atom stereocenters. The molecule has 1 aliphatic heterocycles. The summed E-state index contributed by atoms with van der Waals surface area (Å²) in [5.74, 6) is 2.20. The van der Waals surface area contributed by atoms with E-state index < -0.39 is 0 Å². The smallest absolute Gasteiger partial charge is 0.256 e. The number of benzene rings is 1. The maximum Gasteiger partial charge on any atom is 0.256 e. The van der Waals surface area contributed by atoms with Gasteiger partial charge in [-0.2, -0.15) is 0 Å². The number of nitrogens with zero attached hydrogens (tertiary/aromatic N) is 10. The number of rotatable bonds is 14. The third-order valence-electron chi connectivity index (χ3n) is 8.88. The van der Waals surface area contributed by atoms with Gasteiger partial charge in [-0.05, 0) is 67.2 Å². The Bertz CT molecular complexity index is 1740. The Hall–Kier alpha value is -4.60. The molecule has 1 N–H and O–H groups in total. The highest BCUT2D eigenvalue weighted by Gasteiger charge is 2.29. The van der Waals surface area contributed by atoms with Crippen molar-refractivity contribution in [3.8, 4) is 22.8 Å². The molecule has 4 aromatic heterocycles. The molecule has 5 aromatic rings. The number of hydrogen-bond donors (Lipinski definition) is 1. The van der Waals surface area contributed by atoms with Crippen molar-refractivity contribution in [3.05, 3.63) is 66.5 Å². The van der Waals surface area contributed by atoms with Crippen LogP contribution in [0.4, 0.5) is 11.6 Å². The molecule has 258 valence electrons. The van der Waals surface area contributed by atoms with Crippen LogP contribution < -0.4 is 14.8 Å². The fourth-order valence-electron chi connectivity index (χ4n) is 6.37. The molecule has 0 radical (unpaired) electrons. The van der Waals surface area contributed by atoms with Gasteiger partial charge in [0.1, 0.15) is 30.1 Å². The summed E-state index contributed by atoms with van der Waals surface area (Å²) in [4.78, 5) is 16.0. The van der Waals surface area contributed by atoms with Crippen molar-refractivity contribution < 1.29 is 18.6 Å². The number of morpholine rings is 1. The number of tetrazole rings is 1. The van der Waals surface area contributed by atoms with Gasteiger partial charge in [0.25, 0.3) is 5.88 Å². The van der Waals surface area contributed by atoms with Crippen LogP contribution in [0.1, 0.15) is 51.0 Å². The zero-order valence-corrected chi connectivity index (χ0v) is 28.2. The lowest BCUT2D eigenvalue weighted by atomic mass is 9.90. The number of aryl methyl sites for hydroxylation is 1. The summed E-state index contributed by atoms with van der Waals surface area (Å²) < 4.78 is 26.9. The Labute approximate surface area is 288 Å². The highest BCUT2D eigenvalue weighted by atomic mass is 35.5. The van der Waals surface area contributed by atoms with Crippen molar-refractivity contribution in [3.63, 3.8) is 0 Å². The molecule has 1 atom stereocenters. The molecule has 15 nitrogen and oxygen atoms in total. The van der Waals surface area contributed by atoms with Gasteiger partial charge in [0.2, 0.25) is 5.95 Å². The van der Waals surface area contributed by atoms with E-state index in [2.05, 4.69) is 40.7 Å². The number of ether oxygens (including phenoxy) is 3. The minimum absolute atomic E-state index is 0.210. The molecule has 2 fully saturated rings. The summed E-state index contributed by atoms with van der Waals surface area (Å²) in [5.41, 5.74) is 2.41. The van der Waals surface area contributed by atoms with E-state index in [1.165, 1.54) is 0 Å². The zero-order valence-electron chi connectivity index (χ0n) is 27.4. The summed E-state index contributed by atoms with van der Waals surface area (Å²) in [6, 6.07) is 6.50. The van der Waals surface area contributed by atoms with Crippen molar-refractivity contribution in [2.24, 2.45) is 0 Å². The van der Waals surface area contributed by atoms with Crippen LogP contribution in [0.25, 0.3) is 11.1 Å². The Morgan fingerprint density at radius 2 is 1.86 bits per heavy atom. The monoisotopic (exact) mass is 689 g/mol. The zero-order chi connectivity index (χ0) is 33.4. The third kappa shape index (κ3) is 8.53. The molecule has 0 bridgehead atoms. The molecular weight excluding hydrogens is 650 g/mol. The van der Waals surface area contributed by atoms with E-state index in [-0.39, 0.29) is 6.10 Å². The van der Waals surface area contributed by atoms with Crippen molar-refractivity contribution in [2.45, 2.75) is 70.2 Å². The second kappa shape index (κ2) is 15.7. The number of oxazole rings is 1. The molecule has 1 aliphatic carbocycles. The van der Waals surface area contributed by atoms with E-state index in [0.29, 0.717) is 60.1 Å². The van der Waals surface area contributed by atoms with Crippen LogP contribution in [0, 0.1) is 0 Å². The minimum Gasteiger partial charge on any atom is -0.487 e. The SMILES string of the molecule is C[C@@H](Cn1cnnn1)Oc1cc(-c2cnc(Nc3cn(C4CCC(N5CCOCC5)CC4)nc3OCCCc3ncco3)nc2)ccc1Cl. The lowest BCUT2D eigenvalue weighted by Gasteiger charge is -2.38. The molecule has 0 spiro atoms. The van der Waals surface area contributed by atoms with Crippen LogP contribution >= 0.6 is 11.6 Å². The molecule has 16 heteroatoms. The highest BCUT2D eigenvalue weighted by Crippen LogP contribution is 2.35. The summed E-state index contributed by atoms with van der Waals surface area (Å²) in [6.07, 6.45) is 15.9. The molecule has 7 rings (SSSR count). The molecule has 1 saturated heterocycles. The molecule has 1 saturated carbocycles. The van der Waals surface area contributed by atoms with Gasteiger partial charge in [-0.1, -0.05) is 17.7 Å². The molecule has 0 amide bonds. The van der Waals surface area contributed by atoms with Gasteiger partial charge in [-0.3, -0.25) is 9.58 Å². The van der Waals surface area contributed by atoms with Crippen molar-refractivity contribution >= 4 is 23.2 Å². The maximum absolute atomic E-state index is 6.46. The topological polar surface area (TPSA) is 156 Å². The van der Waals surface area contributed by atoms with Crippen molar-refractivity contribution in [1.82, 2.24) is 49.8 Å². The normalized spacial score (nSPS) is 19.1. The van der Waals surface area contributed by atoms with Gasteiger partial charge in [0.15, 0.2) is 5.89 Å². The number of hydrogen-bond acceptors (Lipinski definition) is 13. The fraction of sp³-hybridized carbons (Fsp3) is 0.485. The van der Waals surface area contributed by atoms with Crippen LogP contribution in [0.2, 0.25) is 5.02 Å². The number of nitrogens with one attached hydrogen (secondary N) is 1. The minimum atomic E-state index is -0.210. The van der Waals surface area contributed by atoms with Crippen molar-refractivity contribution in [2.75, 3.05) is 38.2 Å². The van der Waals surface area contributed by atoms with Crippen LogP contribution in [0.3, 0.4) is 0 Å². The summed E-state index contributed by atoms with van der Waals surface area (Å²) in [5, 5.41) is 20.0. The van der Waals surface area contributed by atoms with E-state index in [1.54, 1.807) is 41.9 Å². The van der Waals surface area contributed by atoms with E-state index in [9.17, 15) is 0 Å². The predicted octanol–water partition coefficient (Wildman–Crippen LogP) is 5.01. The first-order chi connectivity index (χ1) is 24.1. The Morgan fingerprint density at radius 1 is 1.04 bits per heavy atom. The summed E-state index contributed by atoms with van der Waals surface area (Å²) >= 11 is 6.46. The standard InChI is InChI=1S/C33H40ClN11O4/c1-23(20-44-22-38-41-42-44)49-30-17-24(4-9-28(30)34)25-18-36-33(37-19-25)39-29-21-45(40-32(29)48-13-2-3-31-35-10-14-47-31)27-7-5-26(6-8-27)43-11-15-46-16-12-43/h4,9-10,14,17-19,21-23,26-27H,2-3,5-8,11-13,15-16,20H2,1H3,(H,36,37,39)/t23-,26?,27?/m0/s1. The van der Waals surface area contributed by atoms with Gasteiger partial charge < -0.3 is 23.9 Å². The Kier molecular flexibility index (Phi) is 10.6. The largest absolute Gasteiger partial charge is 0.487 e. The van der Waals surface area contributed by atoms with E-state index in [0.717, 1.165) is 75.2 Å². The second-order valence-electron chi connectivity index (χ2n) is 12.3. The third-order valence-corrected chi connectivity index (χ3v) is 9.20. The van der Waals surface area contributed by atoms with Gasteiger partial charge in [-0.25, -0.2) is 19.6 Å². The number of aromatic nitrogens is 9. The molecule has 1 aromatic carbocycles.